The van der Waals surface area contributed by atoms with Crippen molar-refractivity contribution in [1.29, 1.82) is 0 Å². The van der Waals surface area contributed by atoms with E-state index in [4.69, 9.17) is 9.47 Å². The molecular formula is C14H22N2O2. The largest absolute Gasteiger partial charge is 0.491 e. The summed E-state index contributed by atoms with van der Waals surface area (Å²) in [5.74, 6) is 0.955. The Bertz CT molecular complexity index is 382. The van der Waals surface area contributed by atoms with E-state index in [1.165, 1.54) is 5.69 Å². The Morgan fingerprint density at radius 1 is 1.33 bits per heavy atom. The second kappa shape index (κ2) is 6.50. The molecule has 2 rings (SSSR count). The van der Waals surface area contributed by atoms with Gasteiger partial charge in [0.1, 0.15) is 11.4 Å². The number of para-hydroxylation sites is 1. The van der Waals surface area contributed by atoms with Crippen molar-refractivity contribution in [2.24, 2.45) is 0 Å². The summed E-state index contributed by atoms with van der Waals surface area (Å²) >= 11 is 0. The van der Waals surface area contributed by atoms with Crippen molar-refractivity contribution in [3.8, 4) is 5.75 Å². The average molecular weight is 250 g/mol. The fourth-order valence-electron chi connectivity index (χ4n) is 2.16. The first-order chi connectivity index (χ1) is 8.86. The fraction of sp³-hybridized carbons (Fsp3) is 0.571. The molecule has 0 amide bonds. The summed E-state index contributed by atoms with van der Waals surface area (Å²) in [6.45, 7) is 6.50. The number of anilines is 2. The van der Waals surface area contributed by atoms with E-state index in [9.17, 15) is 0 Å². The molecular weight excluding hydrogens is 228 g/mol. The van der Waals surface area contributed by atoms with Crippen molar-refractivity contribution in [3.05, 3.63) is 18.2 Å². The van der Waals surface area contributed by atoms with Crippen LogP contribution in [0.5, 0.6) is 5.75 Å². The maximum absolute atomic E-state index is 5.79. The lowest BCUT2D eigenvalue weighted by Gasteiger charge is -2.32. The van der Waals surface area contributed by atoms with E-state index in [0.717, 1.165) is 50.7 Å². The Kier molecular flexibility index (Phi) is 4.70. The van der Waals surface area contributed by atoms with Crippen molar-refractivity contribution >= 4 is 11.4 Å². The number of hydrogen-bond acceptors (Lipinski definition) is 4. The molecule has 100 valence electrons. The normalized spacial score (nSPS) is 14.0. The molecule has 4 nitrogen and oxygen atoms in total. The summed E-state index contributed by atoms with van der Waals surface area (Å²) in [6, 6.07) is 6.22. The Morgan fingerprint density at radius 3 is 3.00 bits per heavy atom. The third-order valence-electron chi connectivity index (χ3n) is 3.06. The number of benzene rings is 1. The van der Waals surface area contributed by atoms with Crippen molar-refractivity contribution in [1.82, 2.24) is 0 Å². The van der Waals surface area contributed by atoms with Gasteiger partial charge in [-0.05, 0) is 18.6 Å². The summed E-state index contributed by atoms with van der Waals surface area (Å²) in [5, 5.41) is 3.44. The van der Waals surface area contributed by atoms with Crippen molar-refractivity contribution < 1.29 is 9.47 Å². The minimum Gasteiger partial charge on any atom is -0.491 e. The molecule has 1 heterocycles. The highest BCUT2D eigenvalue weighted by molar-refractivity contribution is 5.78. The monoisotopic (exact) mass is 250 g/mol. The number of fused-ring (bicyclic) bond motifs is 1. The molecule has 1 aromatic rings. The maximum Gasteiger partial charge on any atom is 0.144 e. The van der Waals surface area contributed by atoms with Gasteiger partial charge in [0.05, 0.1) is 18.9 Å². The lowest BCUT2D eigenvalue weighted by Crippen LogP contribution is -2.36. The molecule has 0 unspecified atom stereocenters. The van der Waals surface area contributed by atoms with Crippen molar-refractivity contribution in [3.63, 3.8) is 0 Å². The van der Waals surface area contributed by atoms with Crippen LogP contribution in [0.2, 0.25) is 0 Å². The second-order valence-electron chi connectivity index (χ2n) is 4.41. The molecule has 0 radical (unpaired) electrons. The third kappa shape index (κ3) is 2.88. The highest BCUT2D eigenvalue weighted by Gasteiger charge is 2.19. The van der Waals surface area contributed by atoms with E-state index in [1.807, 2.05) is 6.07 Å². The first kappa shape index (κ1) is 13.0. The van der Waals surface area contributed by atoms with E-state index < -0.39 is 0 Å². The number of hydrogen-bond donors (Lipinski definition) is 1. The molecule has 0 fully saturated rings. The summed E-state index contributed by atoms with van der Waals surface area (Å²) in [7, 11) is 1.74. The van der Waals surface area contributed by atoms with Gasteiger partial charge in [-0.15, -0.1) is 0 Å². The molecule has 1 aromatic carbocycles. The van der Waals surface area contributed by atoms with Crippen LogP contribution in [0.1, 0.15) is 13.3 Å². The van der Waals surface area contributed by atoms with Gasteiger partial charge >= 0.3 is 0 Å². The fourth-order valence-corrected chi connectivity index (χ4v) is 2.16. The Hall–Kier alpha value is -1.42. The van der Waals surface area contributed by atoms with E-state index >= 15 is 0 Å². The molecule has 0 saturated heterocycles. The molecule has 1 aliphatic rings. The van der Waals surface area contributed by atoms with E-state index in [-0.39, 0.29) is 0 Å². The first-order valence-corrected chi connectivity index (χ1v) is 6.60. The molecule has 0 saturated carbocycles. The smallest absolute Gasteiger partial charge is 0.144 e. The quantitative estimate of drug-likeness (QED) is 0.840. The van der Waals surface area contributed by atoms with Crippen LogP contribution < -0.4 is 15.0 Å². The van der Waals surface area contributed by atoms with Gasteiger partial charge in [-0.1, -0.05) is 13.0 Å². The molecule has 18 heavy (non-hydrogen) atoms. The average Bonchev–Trinajstić information content (AvgIpc) is 2.42. The number of nitrogens with one attached hydrogen (secondary N) is 1. The van der Waals surface area contributed by atoms with E-state index in [2.05, 4.69) is 29.3 Å². The molecule has 1 aliphatic heterocycles. The van der Waals surface area contributed by atoms with Crippen LogP contribution >= 0.6 is 0 Å². The molecule has 0 aliphatic carbocycles. The molecule has 4 heteroatoms. The van der Waals surface area contributed by atoms with Crippen LogP contribution in [-0.4, -0.2) is 40.0 Å². The lowest BCUT2D eigenvalue weighted by molar-refractivity contribution is 0.205. The van der Waals surface area contributed by atoms with Crippen LogP contribution in [0, 0.1) is 0 Å². The first-order valence-electron chi connectivity index (χ1n) is 6.60. The Labute approximate surface area is 109 Å². The third-order valence-corrected chi connectivity index (χ3v) is 3.06. The minimum absolute atomic E-state index is 0.749. The van der Waals surface area contributed by atoms with Crippen molar-refractivity contribution in [2.75, 3.05) is 50.2 Å². The van der Waals surface area contributed by atoms with Crippen LogP contribution in [0.4, 0.5) is 11.4 Å². The van der Waals surface area contributed by atoms with E-state index in [1.54, 1.807) is 7.11 Å². The SMILES string of the molecule is CCCOc1cccc2c1NCCN2CCOC. The molecule has 0 aromatic heterocycles. The van der Waals surface area contributed by atoms with Gasteiger partial charge in [0, 0.05) is 26.7 Å². The molecule has 0 spiro atoms. The van der Waals surface area contributed by atoms with Gasteiger partial charge in [0.25, 0.3) is 0 Å². The molecule has 1 N–H and O–H groups in total. The summed E-state index contributed by atoms with van der Waals surface area (Å²) < 4.78 is 10.9. The summed E-state index contributed by atoms with van der Waals surface area (Å²) in [6.07, 6.45) is 1.02. The van der Waals surface area contributed by atoms with Crippen molar-refractivity contribution in [2.45, 2.75) is 13.3 Å². The lowest BCUT2D eigenvalue weighted by atomic mass is 10.2. The standard InChI is InChI=1S/C14H22N2O2/c1-3-10-18-13-6-4-5-12-14(13)15-7-8-16(12)9-11-17-2/h4-6,15H,3,7-11H2,1-2H3. The van der Waals surface area contributed by atoms with Gasteiger partial charge in [-0.25, -0.2) is 0 Å². The van der Waals surface area contributed by atoms with Crippen LogP contribution in [0.15, 0.2) is 18.2 Å². The Balaban J connectivity index is 2.17. The zero-order valence-corrected chi connectivity index (χ0v) is 11.2. The Morgan fingerprint density at radius 2 is 2.22 bits per heavy atom. The van der Waals surface area contributed by atoms with E-state index in [0.29, 0.717) is 0 Å². The molecule has 0 atom stereocenters. The van der Waals surface area contributed by atoms with Gasteiger partial charge in [-0.2, -0.15) is 0 Å². The minimum atomic E-state index is 0.749. The number of rotatable bonds is 6. The van der Waals surface area contributed by atoms with Gasteiger partial charge in [0.2, 0.25) is 0 Å². The summed E-state index contributed by atoms with van der Waals surface area (Å²) in [4.78, 5) is 2.34. The van der Waals surface area contributed by atoms with Crippen LogP contribution in [-0.2, 0) is 4.74 Å². The predicted molar refractivity (Wildman–Crippen MR) is 74.8 cm³/mol. The topological polar surface area (TPSA) is 33.7 Å². The highest BCUT2D eigenvalue weighted by atomic mass is 16.5. The number of methoxy groups -OCH3 is 1. The second-order valence-corrected chi connectivity index (χ2v) is 4.41. The highest BCUT2D eigenvalue weighted by Crippen LogP contribution is 2.37. The number of ether oxygens (including phenoxy) is 2. The maximum atomic E-state index is 5.79. The predicted octanol–water partition coefficient (Wildman–Crippen LogP) is 2.35. The zero-order chi connectivity index (χ0) is 12.8. The summed E-state index contributed by atoms with van der Waals surface area (Å²) in [5.41, 5.74) is 2.33. The van der Waals surface area contributed by atoms with Crippen LogP contribution in [0.3, 0.4) is 0 Å². The van der Waals surface area contributed by atoms with Gasteiger partial charge < -0.3 is 19.7 Å². The van der Waals surface area contributed by atoms with Crippen LogP contribution in [0.25, 0.3) is 0 Å². The number of nitrogens with zero attached hydrogens (tertiary/aromatic N) is 1. The zero-order valence-electron chi connectivity index (χ0n) is 11.2. The molecule has 0 bridgehead atoms. The van der Waals surface area contributed by atoms with Gasteiger partial charge in [-0.3, -0.25) is 0 Å². The van der Waals surface area contributed by atoms with Gasteiger partial charge in [0.15, 0.2) is 0 Å².